The highest BCUT2D eigenvalue weighted by Crippen LogP contribution is 2.33. The predicted molar refractivity (Wildman–Crippen MR) is 130 cm³/mol. The van der Waals surface area contributed by atoms with Gasteiger partial charge in [0.15, 0.2) is 16.6 Å². The lowest BCUT2D eigenvalue weighted by Crippen LogP contribution is -2.63. The maximum Gasteiger partial charge on any atom is 0.231 e. The topological polar surface area (TPSA) is 45.8 Å². The highest BCUT2D eigenvalue weighted by Gasteiger charge is 2.38. The van der Waals surface area contributed by atoms with Gasteiger partial charge in [0, 0.05) is 30.2 Å². The molecule has 1 saturated heterocycles. The van der Waals surface area contributed by atoms with Gasteiger partial charge in [-0.2, -0.15) is 0 Å². The van der Waals surface area contributed by atoms with E-state index in [4.69, 9.17) is 21.7 Å². The number of piperidine rings is 1. The van der Waals surface area contributed by atoms with E-state index in [0.29, 0.717) is 18.8 Å². The molecule has 2 heterocycles. The van der Waals surface area contributed by atoms with Crippen molar-refractivity contribution in [2.45, 2.75) is 83.5 Å². The summed E-state index contributed by atoms with van der Waals surface area (Å²) < 4.78 is 11.1. The van der Waals surface area contributed by atoms with Crippen LogP contribution in [0.3, 0.4) is 0 Å². The summed E-state index contributed by atoms with van der Waals surface area (Å²) in [5, 5.41) is 8.37. The van der Waals surface area contributed by atoms with E-state index in [1.165, 1.54) is 18.4 Å². The summed E-state index contributed by atoms with van der Waals surface area (Å²) in [6.07, 6.45) is 10.3. The highest BCUT2D eigenvalue weighted by atomic mass is 32.1. The Morgan fingerprint density at radius 1 is 1.13 bits per heavy atom. The van der Waals surface area contributed by atoms with E-state index in [1.54, 1.807) is 0 Å². The van der Waals surface area contributed by atoms with Gasteiger partial charge in [-0.3, -0.25) is 0 Å². The fourth-order valence-electron chi connectivity index (χ4n) is 5.50. The molecule has 1 fully saturated rings. The Morgan fingerprint density at radius 3 is 2.58 bits per heavy atom. The number of ether oxygens (including phenoxy) is 2. The minimum absolute atomic E-state index is 0.0886. The molecule has 2 N–H and O–H groups in total. The van der Waals surface area contributed by atoms with Gasteiger partial charge in [-0.25, -0.2) is 0 Å². The Balaban J connectivity index is 1.47. The average Bonchev–Trinajstić information content (AvgIpc) is 3.13. The van der Waals surface area contributed by atoms with E-state index in [9.17, 15) is 0 Å². The van der Waals surface area contributed by atoms with Crippen LogP contribution < -0.4 is 20.1 Å². The van der Waals surface area contributed by atoms with Crippen LogP contribution >= 0.6 is 12.2 Å². The molecule has 0 saturated carbocycles. The van der Waals surface area contributed by atoms with Crippen LogP contribution in [0.4, 0.5) is 0 Å². The number of allylic oxidation sites excluding steroid dienone is 2. The van der Waals surface area contributed by atoms with Crippen LogP contribution in [0.25, 0.3) is 0 Å². The maximum absolute atomic E-state index is 5.99. The summed E-state index contributed by atoms with van der Waals surface area (Å²) in [6.45, 7) is 11.2. The molecule has 1 aromatic rings. The molecule has 4 rings (SSSR count). The Labute approximate surface area is 192 Å². The number of thiocarbonyl (C=S) groups is 1. The molecule has 0 amide bonds. The predicted octanol–water partition coefficient (Wildman–Crippen LogP) is 4.76. The molecule has 0 bridgehead atoms. The monoisotopic (exact) mass is 443 g/mol. The van der Waals surface area contributed by atoms with E-state index in [0.717, 1.165) is 49.0 Å². The zero-order chi connectivity index (χ0) is 22.1. The molecule has 2 aliphatic heterocycles. The van der Waals surface area contributed by atoms with Gasteiger partial charge in [-0.15, -0.1) is 0 Å². The van der Waals surface area contributed by atoms with Crippen molar-refractivity contribution in [3.8, 4) is 11.5 Å². The Kier molecular flexibility index (Phi) is 6.50. The number of nitrogens with zero attached hydrogens (tertiary/aromatic N) is 1. The zero-order valence-electron chi connectivity index (χ0n) is 19.4. The number of hydrogen-bond acceptors (Lipinski definition) is 4. The van der Waals surface area contributed by atoms with Gasteiger partial charge in [0.05, 0.1) is 0 Å². The van der Waals surface area contributed by atoms with Crippen LogP contribution in [0, 0.1) is 5.92 Å². The van der Waals surface area contributed by atoms with Gasteiger partial charge in [0.25, 0.3) is 0 Å². The molecule has 1 atom stereocenters. The number of nitrogens with one attached hydrogen (secondary N) is 2. The minimum atomic E-state index is 0.0886. The molecular weight excluding hydrogens is 406 g/mol. The first-order chi connectivity index (χ1) is 14.7. The maximum atomic E-state index is 5.99. The second-order valence-electron chi connectivity index (χ2n) is 10.7. The molecule has 0 spiro atoms. The molecule has 6 heteroatoms. The van der Waals surface area contributed by atoms with Crippen molar-refractivity contribution in [3.05, 3.63) is 35.9 Å². The summed E-state index contributed by atoms with van der Waals surface area (Å²) in [5.74, 6) is 2.30. The zero-order valence-corrected chi connectivity index (χ0v) is 20.2. The highest BCUT2D eigenvalue weighted by molar-refractivity contribution is 7.80. The molecule has 0 radical (unpaired) electrons. The van der Waals surface area contributed by atoms with Crippen LogP contribution in [-0.4, -0.2) is 40.5 Å². The number of rotatable bonds is 5. The molecule has 1 aliphatic carbocycles. The van der Waals surface area contributed by atoms with E-state index < -0.39 is 0 Å². The summed E-state index contributed by atoms with van der Waals surface area (Å²) in [4.78, 5) is 2.36. The fourth-order valence-corrected chi connectivity index (χ4v) is 5.81. The fraction of sp³-hybridized carbons (Fsp3) is 0.640. The lowest BCUT2D eigenvalue weighted by molar-refractivity contribution is 0.153. The average molecular weight is 444 g/mol. The van der Waals surface area contributed by atoms with Crippen LogP contribution in [0.5, 0.6) is 11.5 Å². The number of fused-ring (bicyclic) bond motifs is 1. The molecule has 170 valence electrons. The summed E-state index contributed by atoms with van der Waals surface area (Å²) in [5.41, 5.74) is 1.38. The van der Waals surface area contributed by atoms with Gasteiger partial charge in [-0.1, -0.05) is 18.2 Å². The summed E-state index contributed by atoms with van der Waals surface area (Å²) in [6, 6.07) is 6.59. The van der Waals surface area contributed by atoms with Gasteiger partial charge >= 0.3 is 0 Å². The van der Waals surface area contributed by atoms with Gasteiger partial charge in [0.1, 0.15) is 0 Å². The smallest absolute Gasteiger partial charge is 0.231 e. The second kappa shape index (κ2) is 8.99. The lowest BCUT2D eigenvalue weighted by atomic mass is 9.80. The molecular formula is C25H37N3O2S. The van der Waals surface area contributed by atoms with Crippen molar-refractivity contribution in [1.82, 2.24) is 15.5 Å². The third kappa shape index (κ3) is 5.92. The Bertz CT molecular complexity index is 820. The van der Waals surface area contributed by atoms with Gasteiger partial charge in [0.2, 0.25) is 6.79 Å². The van der Waals surface area contributed by atoms with Crippen LogP contribution in [0.2, 0.25) is 0 Å². The van der Waals surface area contributed by atoms with Crippen LogP contribution in [0.15, 0.2) is 30.4 Å². The van der Waals surface area contributed by atoms with Gasteiger partial charge < -0.3 is 25.0 Å². The van der Waals surface area contributed by atoms with Crippen molar-refractivity contribution in [2.75, 3.05) is 13.3 Å². The molecule has 1 unspecified atom stereocenters. The third-order valence-electron chi connectivity index (χ3n) is 6.47. The molecule has 31 heavy (non-hydrogen) atoms. The number of benzene rings is 1. The van der Waals surface area contributed by atoms with Crippen LogP contribution in [0.1, 0.15) is 65.4 Å². The summed E-state index contributed by atoms with van der Waals surface area (Å²) >= 11 is 5.99. The van der Waals surface area contributed by atoms with Crippen molar-refractivity contribution in [2.24, 2.45) is 5.92 Å². The third-order valence-corrected chi connectivity index (χ3v) is 6.85. The van der Waals surface area contributed by atoms with E-state index in [1.807, 2.05) is 6.07 Å². The Hall–Kier alpha value is -1.79. The van der Waals surface area contributed by atoms with Crippen LogP contribution in [-0.2, 0) is 6.54 Å². The molecule has 5 nitrogen and oxygen atoms in total. The first-order valence-electron chi connectivity index (χ1n) is 11.6. The molecule has 3 aliphatic rings. The van der Waals surface area contributed by atoms with E-state index in [2.05, 4.69) is 67.5 Å². The standard InChI is InChI=1S/C25H37N3O2S/c1-24(2)13-20(14-25(3,4)27-24)26-23(31)28(15-18-8-6-5-7-9-18)16-19-10-11-21-22(12-19)30-17-29-21/h5-6,10-12,18,20,27H,7-9,13-17H2,1-4H3,(H,26,31). The lowest BCUT2D eigenvalue weighted by Gasteiger charge is -2.47. The first kappa shape index (κ1) is 22.4. The Morgan fingerprint density at radius 2 is 1.87 bits per heavy atom. The van der Waals surface area contributed by atoms with Crippen molar-refractivity contribution in [1.29, 1.82) is 0 Å². The minimum Gasteiger partial charge on any atom is -0.454 e. The summed E-state index contributed by atoms with van der Waals surface area (Å²) in [7, 11) is 0. The first-order valence-corrected chi connectivity index (χ1v) is 12.0. The van der Waals surface area contributed by atoms with Crippen molar-refractivity contribution >= 4 is 17.3 Å². The molecule has 1 aromatic carbocycles. The van der Waals surface area contributed by atoms with Crippen molar-refractivity contribution < 1.29 is 9.47 Å². The van der Waals surface area contributed by atoms with Gasteiger partial charge in [-0.05, 0) is 95.6 Å². The number of hydrogen-bond donors (Lipinski definition) is 2. The quantitative estimate of drug-likeness (QED) is 0.505. The van der Waals surface area contributed by atoms with Crippen molar-refractivity contribution in [3.63, 3.8) is 0 Å². The second-order valence-corrected chi connectivity index (χ2v) is 11.1. The largest absolute Gasteiger partial charge is 0.454 e. The normalized spacial score (nSPS) is 24.1. The van der Waals surface area contributed by atoms with E-state index >= 15 is 0 Å². The SMILES string of the molecule is CC1(C)CC(NC(=S)N(Cc2ccc3c(c2)OCO3)CC2CC=CCC2)CC(C)(C)N1. The molecule has 0 aromatic heterocycles. The van der Waals surface area contributed by atoms with E-state index in [-0.39, 0.29) is 11.1 Å².